The van der Waals surface area contributed by atoms with E-state index in [1.165, 1.54) is 54.6 Å². The number of guanidine groups is 1. The van der Waals surface area contributed by atoms with E-state index in [2.05, 4.69) is 69.1 Å². The highest BCUT2D eigenvalue weighted by Gasteiger charge is 2.10. The first-order valence-corrected chi connectivity index (χ1v) is 11.2. The van der Waals surface area contributed by atoms with Crippen LogP contribution in [0.15, 0.2) is 53.5 Å². The largest absolute Gasteiger partial charge is 0.377 e. The summed E-state index contributed by atoms with van der Waals surface area (Å²) in [5, 5.41) is 6.79. The van der Waals surface area contributed by atoms with E-state index in [4.69, 9.17) is 4.74 Å². The van der Waals surface area contributed by atoms with E-state index in [1.54, 1.807) is 0 Å². The highest BCUT2D eigenvalue weighted by Crippen LogP contribution is 2.13. The van der Waals surface area contributed by atoms with Gasteiger partial charge in [-0.05, 0) is 55.1 Å². The van der Waals surface area contributed by atoms with Crippen LogP contribution in [-0.2, 0) is 31.0 Å². The van der Waals surface area contributed by atoms with Crippen molar-refractivity contribution in [1.82, 2.24) is 15.5 Å². The van der Waals surface area contributed by atoms with Gasteiger partial charge in [-0.15, -0.1) is 24.0 Å². The topological polar surface area (TPSA) is 48.9 Å². The summed E-state index contributed by atoms with van der Waals surface area (Å²) < 4.78 is 5.45. The Morgan fingerprint density at radius 2 is 1.35 bits per heavy atom. The molecule has 1 aliphatic rings. The number of benzene rings is 2. The number of hydrogen-bond donors (Lipinski definition) is 2. The van der Waals surface area contributed by atoms with Crippen molar-refractivity contribution in [2.75, 3.05) is 26.7 Å². The molecule has 2 aromatic rings. The fourth-order valence-corrected chi connectivity index (χ4v) is 3.70. The minimum absolute atomic E-state index is 0. The van der Waals surface area contributed by atoms with Crippen molar-refractivity contribution >= 4 is 29.9 Å². The lowest BCUT2D eigenvalue weighted by atomic mass is 10.1. The zero-order valence-electron chi connectivity index (χ0n) is 18.9. The average molecular weight is 537 g/mol. The van der Waals surface area contributed by atoms with E-state index in [-0.39, 0.29) is 24.0 Å². The molecule has 1 aliphatic heterocycles. The van der Waals surface area contributed by atoms with Crippen LogP contribution in [0, 0.1) is 0 Å². The van der Waals surface area contributed by atoms with Gasteiger partial charge in [0.15, 0.2) is 5.96 Å². The summed E-state index contributed by atoms with van der Waals surface area (Å²) in [7, 11) is 1.81. The summed E-state index contributed by atoms with van der Waals surface area (Å²) in [6.07, 6.45) is 4.06. The van der Waals surface area contributed by atoms with Crippen molar-refractivity contribution in [1.29, 1.82) is 0 Å². The van der Waals surface area contributed by atoms with Crippen LogP contribution in [0.4, 0.5) is 0 Å². The maximum Gasteiger partial charge on any atom is 0.191 e. The Morgan fingerprint density at radius 3 is 1.87 bits per heavy atom. The van der Waals surface area contributed by atoms with Gasteiger partial charge in [0.05, 0.1) is 6.61 Å². The summed E-state index contributed by atoms with van der Waals surface area (Å²) >= 11 is 0. The Balaban J connectivity index is 0.00000341. The molecule has 5 nitrogen and oxygen atoms in total. The summed E-state index contributed by atoms with van der Waals surface area (Å²) in [6, 6.07) is 17.5. The normalized spacial score (nSPS) is 14.7. The van der Waals surface area contributed by atoms with Gasteiger partial charge in [0.2, 0.25) is 0 Å². The number of piperidine rings is 1. The summed E-state index contributed by atoms with van der Waals surface area (Å²) in [5.41, 5.74) is 5.09. The van der Waals surface area contributed by atoms with Gasteiger partial charge in [-0.3, -0.25) is 9.89 Å². The van der Waals surface area contributed by atoms with Crippen LogP contribution in [0.5, 0.6) is 0 Å². The Labute approximate surface area is 204 Å². The summed E-state index contributed by atoms with van der Waals surface area (Å²) in [4.78, 5) is 6.90. The second-order valence-corrected chi connectivity index (χ2v) is 7.89. The second-order valence-electron chi connectivity index (χ2n) is 7.89. The molecule has 2 N–H and O–H groups in total. The molecule has 6 heteroatoms. The lowest BCUT2D eigenvalue weighted by Gasteiger charge is -2.26. The number of ether oxygens (including phenoxy) is 1. The lowest BCUT2D eigenvalue weighted by molar-refractivity contribution is 0.134. The number of aliphatic imine (C=N–C) groups is 1. The van der Waals surface area contributed by atoms with E-state index in [0.717, 1.165) is 32.2 Å². The first-order chi connectivity index (χ1) is 14.8. The highest BCUT2D eigenvalue weighted by molar-refractivity contribution is 14.0. The van der Waals surface area contributed by atoms with Crippen LogP contribution in [-0.4, -0.2) is 37.6 Å². The van der Waals surface area contributed by atoms with Gasteiger partial charge >= 0.3 is 0 Å². The molecule has 0 aliphatic carbocycles. The molecule has 0 aromatic heterocycles. The molecule has 1 saturated heterocycles. The number of halogens is 1. The Kier molecular flexibility index (Phi) is 11.9. The molecular formula is C25H37IN4O. The van der Waals surface area contributed by atoms with Gasteiger partial charge in [-0.1, -0.05) is 55.0 Å². The van der Waals surface area contributed by atoms with Crippen LogP contribution < -0.4 is 10.6 Å². The molecule has 0 saturated carbocycles. The minimum Gasteiger partial charge on any atom is -0.377 e. The number of rotatable bonds is 9. The minimum atomic E-state index is 0. The first-order valence-electron chi connectivity index (χ1n) is 11.2. The molecule has 0 radical (unpaired) electrons. The van der Waals surface area contributed by atoms with Crippen molar-refractivity contribution in [2.45, 2.75) is 52.4 Å². The van der Waals surface area contributed by atoms with Crippen LogP contribution in [0.25, 0.3) is 0 Å². The molecule has 0 spiro atoms. The number of nitrogens with zero attached hydrogens (tertiary/aromatic N) is 2. The van der Waals surface area contributed by atoms with Crippen molar-refractivity contribution in [2.24, 2.45) is 4.99 Å². The fourth-order valence-electron chi connectivity index (χ4n) is 3.70. The summed E-state index contributed by atoms with van der Waals surface area (Å²) in [6.45, 7) is 8.47. The Morgan fingerprint density at radius 1 is 0.839 bits per heavy atom. The van der Waals surface area contributed by atoms with Gasteiger partial charge < -0.3 is 15.4 Å². The molecule has 3 rings (SSSR count). The maximum absolute atomic E-state index is 5.45. The smallest absolute Gasteiger partial charge is 0.191 e. The molecule has 2 aromatic carbocycles. The van der Waals surface area contributed by atoms with E-state index < -0.39 is 0 Å². The molecular weight excluding hydrogens is 499 g/mol. The number of likely N-dealkylation sites (tertiary alicyclic amines) is 1. The summed E-state index contributed by atoms with van der Waals surface area (Å²) in [5.74, 6) is 0.811. The van der Waals surface area contributed by atoms with E-state index in [0.29, 0.717) is 6.61 Å². The molecule has 0 unspecified atom stereocenters. The monoisotopic (exact) mass is 536 g/mol. The van der Waals surface area contributed by atoms with Gasteiger partial charge in [0, 0.05) is 33.3 Å². The zero-order chi connectivity index (χ0) is 21.0. The molecule has 170 valence electrons. The van der Waals surface area contributed by atoms with Crippen LogP contribution in [0.3, 0.4) is 0 Å². The number of nitrogens with one attached hydrogen (secondary N) is 2. The van der Waals surface area contributed by atoms with Crippen molar-refractivity contribution in [3.63, 3.8) is 0 Å². The lowest BCUT2D eigenvalue weighted by Crippen LogP contribution is -2.36. The first kappa shape index (κ1) is 25.6. The van der Waals surface area contributed by atoms with Gasteiger partial charge in [0.25, 0.3) is 0 Å². The standard InChI is InChI=1S/C25H36N4O.HI/c1-3-30-20-24-13-9-22(10-14-24)18-28-25(26-2)27-17-21-7-11-23(12-8-21)19-29-15-5-4-6-16-29;/h7-14H,3-6,15-20H2,1-2H3,(H2,26,27,28);1H. The molecule has 0 amide bonds. The zero-order valence-corrected chi connectivity index (χ0v) is 21.2. The Bertz CT molecular complexity index is 771. The van der Waals surface area contributed by atoms with Crippen LogP contribution >= 0.6 is 24.0 Å². The molecule has 1 fully saturated rings. The van der Waals surface area contributed by atoms with Gasteiger partial charge in [-0.2, -0.15) is 0 Å². The van der Waals surface area contributed by atoms with E-state index in [1.807, 2.05) is 14.0 Å². The molecule has 31 heavy (non-hydrogen) atoms. The second kappa shape index (κ2) is 14.4. The fraction of sp³-hybridized carbons (Fsp3) is 0.480. The SMILES string of the molecule is CCOCc1ccc(CNC(=NC)NCc2ccc(CN3CCCCC3)cc2)cc1.I. The Hall–Kier alpha value is -1.64. The van der Waals surface area contributed by atoms with Gasteiger partial charge in [0.1, 0.15) is 0 Å². The van der Waals surface area contributed by atoms with E-state index in [9.17, 15) is 0 Å². The average Bonchev–Trinajstić information content (AvgIpc) is 2.80. The third-order valence-corrected chi connectivity index (χ3v) is 5.52. The van der Waals surface area contributed by atoms with E-state index >= 15 is 0 Å². The van der Waals surface area contributed by atoms with Crippen molar-refractivity contribution < 1.29 is 4.74 Å². The molecule has 0 atom stereocenters. The number of hydrogen-bond acceptors (Lipinski definition) is 3. The molecule has 0 bridgehead atoms. The van der Waals surface area contributed by atoms with Gasteiger partial charge in [-0.25, -0.2) is 0 Å². The van der Waals surface area contributed by atoms with Crippen LogP contribution in [0.1, 0.15) is 48.4 Å². The third kappa shape index (κ3) is 9.17. The van der Waals surface area contributed by atoms with Crippen molar-refractivity contribution in [3.05, 3.63) is 70.8 Å². The highest BCUT2D eigenvalue weighted by atomic mass is 127. The van der Waals surface area contributed by atoms with Crippen molar-refractivity contribution in [3.8, 4) is 0 Å². The quantitative estimate of drug-likeness (QED) is 0.278. The maximum atomic E-state index is 5.45. The predicted octanol–water partition coefficient (Wildman–Crippen LogP) is 4.69. The predicted molar refractivity (Wildman–Crippen MR) is 140 cm³/mol. The van der Waals surface area contributed by atoms with Crippen LogP contribution in [0.2, 0.25) is 0 Å². The molecule has 1 heterocycles. The third-order valence-electron chi connectivity index (χ3n) is 5.52.